The maximum absolute atomic E-state index is 17.1. The fourth-order valence-corrected chi connectivity index (χ4v) is 7.49. The van der Waals surface area contributed by atoms with Gasteiger partial charge in [0, 0.05) is 57.4 Å². The number of carbonyl (C=O) groups excluding carboxylic acids is 1. The molecule has 3 aliphatic heterocycles. The van der Waals surface area contributed by atoms with Crippen molar-refractivity contribution in [3.05, 3.63) is 59.2 Å². The van der Waals surface area contributed by atoms with E-state index in [9.17, 15) is 27.9 Å². The molecule has 45 heavy (non-hydrogen) atoms. The number of likely N-dealkylation sites (tertiary alicyclic amines) is 2. The first-order valence-electron chi connectivity index (χ1n) is 16.0. The monoisotopic (exact) mass is 631 g/mol. The van der Waals surface area contributed by atoms with Gasteiger partial charge in [-0.1, -0.05) is 18.2 Å². The number of methoxy groups -OCH3 is 1. The van der Waals surface area contributed by atoms with E-state index >= 15 is 4.39 Å². The lowest BCUT2D eigenvalue weighted by Crippen LogP contribution is -2.52. The van der Waals surface area contributed by atoms with Crippen LogP contribution in [0.25, 0.3) is 0 Å². The van der Waals surface area contributed by atoms with Crippen molar-refractivity contribution in [1.29, 1.82) is 0 Å². The molecule has 1 N–H and O–H groups in total. The smallest absolute Gasteiger partial charge is 0.416 e. The zero-order chi connectivity index (χ0) is 31.9. The van der Waals surface area contributed by atoms with Gasteiger partial charge in [-0.25, -0.2) is 4.39 Å². The van der Waals surface area contributed by atoms with Crippen LogP contribution in [-0.2, 0) is 15.8 Å². The van der Waals surface area contributed by atoms with Crippen LogP contribution in [0.15, 0.2) is 42.5 Å². The number of alkyl halides is 4. The largest absolute Gasteiger partial charge is 0.497 e. The predicted octanol–water partition coefficient (Wildman–Crippen LogP) is 5.94. The normalized spacial score (nSPS) is 25.5. The van der Waals surface area contributed by atoms with Gasteiger partial charge in [0.2, 0.25) is 5.67 Å². The molecule has 0 bridgehead atoms. The molecule has 3 saturated heterocycles. The van der Waals surface area contributed by atoms with E-state index < -0.39 is 41.1 Å². The summed E-state index contributed by atoms with van der Waals surface area (Å²) in [6, 6.07) is 11.1. The lowest BCUT2D eigenvalue weighted by atomic mass is 9.83. The number of amides is 1. The minimum Gasteiger partial charge on any atom is -0.497 e. The SMILES string of the molecule is COc1ccc([C@@H]2CN(CC3CC3)C[C@@]2(F)C(=O)N2CCC(c3ccc(C(F)(F)F)cc3N3CCC(C(=O)O)CC3)CC2)cc1. The summed E-state index contributed by atoms with van der Waals surface area (Å²) in [5.41, 5.74) is -0.807. The number of piperidine rings is 2. The zero-order valence-electron chi connectivity index (χ0n) is 25.6. The molecule has 3 heterocycles. The Bertz CT molecular complexity index is 1380. The molecule has 2 atom stereocenters. The predicted molar refractivity (Wildman–Crippen MR) is 161 cm³/mol. The van der Waals surface area contributed by atoms with E-state index in [0.29, 0.717) is 75.8 Å². The van der Waals surface area contributed by atoms with Crippen molar-refractivity contribution < 1.29 is 37.0 Å². The van der Waals surface area contributed by atoms with E-state index in [1.54, 1.807) is 24.1 Å². The van der Waals surface area contributed by atoms with E-state index in [2.05, 4.69) is 4.90 Å². The van der Waals surface area contributed by atoms with E-state index in [1.165, 1.54) is 12.1 Å². The zero-order valence-corrected chi connectivity index (χ0v) is 25.6. The van der Waals surface area contributed by atoms with Gasteiger partial charge in [0.25, 0.3) is 5.91 Å². The Balaban J connectivity index is 1.19. The standard InChI is InChI=1S/C34H41F4N3O4/c1-45-27-7-4-24(5-8-27)29-20-39(19-22-2-3-22)21-33(29,35)32(44)41-16-10-23(11-17-41)28-9-6-26(34(36,37)38)18-30(28)40-14-12-25(13-15-40)31(42)43/h4-9,18,22-23,25,29H,2-3,10-17,19-21H2,1H3,(H,42,43)/t29-,33-/m0/s1. The molecule has 6 rings (SSSR count). The lowest BCUT2D eigenvalue weighted by Gasteiger charge is -2.39. The van der Waals surface area contributed by atoms with Gasteiger partial charge in [0.15, 0.2) is 0 Å². The van der Waals surface area contributed by atoms with Crippen LogP contribution in [0.5, 0.6) is 5.75 Å². The molecule has 2 aromatic carbocycles. The van der Waals surface area contributed by atoms with Crippen LogP contribution in [0, 0.1) is 11.8 Å². The minimum absolute atomic E-state index is 0.0499. The Morgan fingerprint density at radius 2 is 1.62 bits per heavy atom. The summed E-state index contributed by atoms with van der Waals surface area (Å²) in [5, 5.41) is 9.39. The van der Waals surface area contributed by atoms with E-state index in [4.69, 9.17) is 4.74 Å². The number of hydrogen-bond donors (Lipinski definition) is 1. The molecular formula is C34H41F4N3O4. The number of carbonyl (C=O) groups is 2. The van der Waals surface area contributed by atoms with Crippen molar-refractivity contribution in [2.45, 2.75) is 62.2 Å². The van der Waals surface area contributed by atoms with Gasteiger partial charge >= 0.3 is 12.1 Å². The Labute approximate surface area is 261 Å². The average molecular weight is 632 g/mol. The molecule has 2 aromatic rings. The summed E-state index contributed by atoms with van der Waals surface area (Å²) in [4.78, 5) is 31.0. The Morgan fingerprint density at radius 1 is 0.956 bits per heavy atom. The number of carboxylic acid groups (broad SMARTS) is 1. The highest BCUT2D eigenvalue weighted by Gasteiger charge is 2.55. The third-order valence-corrected chi connectivity index (χ3v) is 10.3. The number of rotatable bonds is 8. The Hall–Kier alpha value is -3.34. The number of benzene rings is 2. The number of ether oxygens (including phenoxy) is 1. The highest BCUT2D eigenvalue weighted by atomic mass is 19.4. The molecule has 0 radical (unpaired) electrons. The fourth-order valence-electron chi connectivity index (χ4n) is 7.49. The summed E-state index contributed by atoms with van der Waals surface area (Å²) < 4.78 is 63.5. The van der Waals surface area contributed by atoms with Gasteiger partial charge in [-0.15, -0.1) is 0 Å². The molecular weight excluding hydrogens is 590 g/mol. The van der Waals surface area contributed by atoms with Gasteiger partial charge in [0.05, 0.1) is 18.6 Å². The Kier molecular flexibility index (Phi) is 8.76. The quantitative estimate of drug-likeness (QED) is 0.364. The van der Waals surface area contributed by atoms with Crippen molar-refractivity contribution in [1.82, 2.24) is 9.80 Å². The van der Waals surface area contributed by atoms with E-state index in [0.717, 1.165) is 36.6 Å². The number of nitrogens with zero attached hydrogens (tertiary/aromatic N) is 3. The molecule has 11 heteroatoms. The van der Waals surface area contributed by atoms with Gasteiger partial charge in [0.1, 0.15) is 5.75 Å². The van der Waals surface area contributed by atoms with Crippen molar-refractivity contribution in [2.75, 3.05) is 57.8 Å². The van der Waals surface area contributed by atoms with Crippen molar-refractivity contribution >= 4 is 17.6 Å². The summed E-state index contributed by atoms with van der Waals surface area (Å²) in [5.74, 6) is -1.39. The molecule has 0 unspecified atom stereocenters. The third-order valence-electron chi connectivity index (χ3n) is 10.3. The molecule has 1 aliphatic carbocycles. The van der Waals surface area contributed by atoms with Crippen LogP contribution >= 0.6 is 0 Å². The third kappa shape index (κ3) is 6.64. The van der Waals surface area contributed by atoms with Crippen LogP contribution in [0.1, 0.15) is 67.1 Å². The molecule has 1 amide bonds. The first-order chi connectivity index (χ1) is 21.5. The minimum atomic E-state index is -4.51. The second kappa shape index (κ2) is 12.5. The van der Waals surface area contributed by atoms with Gasteiger partial charge in [-0.3, -0.25) is 14.5 Å². The van der Waals surface area contributed by atoms with Crippen LogP contribution in [0.2, 0.25) is 0 Å². The van der Waals surface area contributed by atoms with Crippen LogP contribution in [0.4, 0.5) is 23.2 Å². The molecule has 4 aliphatic rings. The topological polar surface area (TPSA) is 73.3 Å². The Morgan fingerprint density at radius 3 is 2.20 bits per heavy atom. The summed E-state index contributed by atoms with van der Waals surface area (Å²) in [6.07, 6.45) is -0.502. The fraction of sp³-hybridized carbons (Fsp3) is 0.588. The van der Waals surface area contributed by atoms with Crippen molar-refractivity contribution in [2.24, 2.45) is 11.8 Å². The molecule has 244 valence electrons. The first kappa shape index (κ1) is 31.6. The molecule has 0 aromatic heterocycles. The number of hydrogen-bond acceptors (Lipinski definition) is 5. The van der Waals surface area contributed by atoms with E-state index in [-0.39, 0.29) is 12.5 Å². The van der Waals surface area contributed by atoms with Crippen molar-refractivity contribution in [3.63, 3.8) is 0 Å². The summed E-state index contributed by atoms with van der Waals surface area (Å²) in [7, 11) is 1.57. The number of halogens is 4. The summed E-state index contributed by atoms with van der Waals surface area (Å²) in [6.45, 7) is 2.65. The van der Waals surface area contributed by atoms with Gasteiger partial charge in [-0.2, -0.15) is 13.2 Å². The molecule has 1 saturated carbocycles. The molecule has 4 fully saturated rings. The van der Waals surface area contributed by atoms with Crippen molar-refractivity contribution in [3.8, 4) is 5.75 Å². The number of anilines is 1. The van der Waals surface area contributed by atoms with Gasteiger partial charge < -0.3 is 19.6 Å². The molecule has 7 nitrogen and oxygen atoms in total. The van der Waals surface area contributed by atoms with E-state index in [1.807, 2.05) is 17.0 Å². The number of aliphatic carboxylic acids is 1. The maximum atomic E-state index is 17.1. The van der Waals surface area contributed by atoms with Gasteiger partial charge in [-0.05, 0) is 85.8 Å². The van der Waals surface area contributed by atoms with Crippen LogP contribution in [0.3, 0.4) is 0 Å². The van der Waals surface area contributed by atoms with Crippen LogP contribution in [-0.4, -0.2) is 85.4 Å². The second-order valence-electron chi connectivity index (χ2n) is 13.3. The summed E-state index contributed by atoms with van der Waals surface area (Å²) >= 11 is 0. The molecule has 0 spiro atoms. The van der Waals surface area contributed by atoms with Crippen LogP contribution < -0.4 is 9.64 Å². The highest BCUT2D eigenvalue weighted by molar-refractivity contribution is 5.87. The first-order valence-corrected chi connectivity index (χ1v) is 16.0. The number of carboxylic acids is 1. The second-order valence-corrected chi connectivity index (χ2v) is 13.3. The maximum Gasteiger partial charge on any atom is 0.416 e. The highest BCUT2D eigenvalue weighted by Crippen LogP contribution is 2.45. The average Bonchev–Trinajstić information content (AvgIpc) is 3.80. The lowest BCUT2D eigenvalue weighted by molar-refractivity contribution is -0.145.